The molecule has 1 aromatic carbocycles. The van der Waals surface area contributed by atoms with Crippen molar-refractivity contribution in [2.75, 3.05) is 10.6 Å². The number of primary sulfonamides is 1. The van der Waals surface area contributed by atoms with Crippen molar-refractivity contribution in [3.05, 3.63) is 23.2 Å². The minimum atomic E-state index is -3.81. The third-order valence-electron chi connectivity index (χ3n) is 1.66. The van der Waals surface area contributed by atoms with Crippen molar-refractivity contribution in [2.45, 2.75) is 4.90 Å². The van der Waals surface area contributed by atoms with E-state index in [-0.39, 0.29) is 26.8 Å². The quantitative estimate of drug-likeness (QED) is 0.821. The van der Waals surface area contributed by atoms with E-state index in [1.165, 1.54) is 18.2 Å². The van der Waals surface area contributed by atoms with Gasteiger partial charge in [-0.3, -0.25) is 4.79 Å². The van der Waals surface area contributed by atoms with Gasteiger partial charge < -0.3 is 5.32 Å². The second-order valence-electron chi connectivity index (χ2n) is 2.87. The van der Waals surface area contributed by atoms with Gasteiger partial charge in [-0.2, -0.15) is 0 Å². The van der Waals surface area contributed by atoms with Crippen LogP contribution in [0.5, 0.6) is 0 Å². The lowest BCUT2D eigenvalue weighted by molar-refractivity contribution is -0.113. The standard InChI is InChI=1S/C8H8BrClN2O3S/c9-4-8(13)12-7-3-5(16(11,14)15)1-2-6(7)10/h1-3H,4H2,(H,12,13)(H2,11,14,15). The maximum atomic E-state index is 11.1. The summed E-state index contributed by atoms with van der Waals surface area (Å²) in [6.45, 7) is 0. The molecule has 1 amide bonds. The van der Waals surface area contributed by atoms with Crippen LogP contribution in [-0.2, 0) is 14.8 Å². The summed E-state index contributed by atoms with van der Waals surface area (Å²) in [4.78, 5) is 11.0. The molecule has 16 heavy (non-hydrogen) atoms. The number of carbonyl (C=O) groups excluding carboxylic acids is 1. The highest BCUT2D eigenvalue weighted by molar-refractivity contribution is 9.09. The average Bonchev–Trinajstić information content (AvgIpc) is 2.19. The highest BCUT2D eigenvalue weighted by Crippen LogP contribution is 2.24. The highest BCUT2D eigenvalue weighted by Gasteiger charge is 2.11. The van der Waals surface area contributed by atoms with Gasteiger partial charge in [0.05, 0.1) is 20.9 Å². The second-order valence-corrected chi connectivity index (χ2v) is 5.40. The van der Waals surface area contributed by atoms with Gasteiger partial charge >= 0.3 is 0 Å². The lowest BCUT2D eigenvalue weighted by atomic mass is 10.3. The fraction of sp³-hybridized carbons (Fsp3) is 0.125. The van der Waals surface area contributed by atoms with Gasteiger partial charge in [0.2, 0.25) is 15.9 Å². The van der Waals surface area contributed by atoms with Crippen LogP contribution < -0.4 is 10.5 Å². The number of carbonyl (C=O) groups is 1. The fourth-order valence-corrected chi connectivity index (χ4v) is 1.81. The molecule has 0 bridgehead atoms. The van der Waals surface area contributed by atoms with Crippen molar-refractivity contribution in [1.29, 1.82) is 0 Å². The molecule has 0 radical (unpaired) electrons. The summed E-state index contributed by atoms with van der Waals surface area (Å²) < 4.78 is 22.1. The Balaban J connectivity index is 3.14. The van der Waals surface area contributed by atoms with E-state index < -0.39 is 10.0 Å². The van der Waals surface area contributed by atoms with Crippen molar-refractivity contribution in [3.63, 3.8) is 0 Å². The number of anilines is 1. The van der Waals surface area contributed by atoms with Crippen LogP contribution in [-0.4, -0.2) is 19.7 Å². The first-order valence-corrected chi connectivity index (χ1v) is 7.07. The molecule has 1 aromatic rings. The number of hydrogen-bond acceptors (Lipinski definition) is 3. The minimum Gasteiger partial charge on any atom is -0.324 e. The molecule has 8 heteroatoms. The zero-order valence-electron chi connectivity index (χ0n) is 7.91. The first-order chi connectivity index (χ1) is 7.34. The Kier molecular flexibility index (Phi) is 4.31. The van der Waals surface area contributed by atoms with Crippen LogP contribution >= 0.6 is 27.5 Å². The van der Waals surface area contributed by atoms with Gasteiger partial charge in [0.15, 0.2) is 0 Å². The molecule has 0 aliphatic heterocycles. The Morgan fingerprint density at radius 1 is 1.50 bits per heavy atom. The number of rotatable bonds is 3. The summed E-state index contributed by atoms with van der Waals surface area (Å²) in [7, 11) is -3.81. The molecule has 0 heterocycles. The summed E-state index contributed by atoms with van der Waals surface area (Å²) in [5.74, 6) is -0.339. The number of benzene rings is 1. The van der Waals surface area contributed by atoms with Crippen molar-refractivity contribution < 1.29 is 13.2 Å². The molecule has 0 aromatic heterocycles. The van der Waals surface area contributed by atoms with Crippen LogP contribution in [0.1, 0.15) is 0 Å². The van der Waals surface area contributed by atoms with E-state index in [1.54, 1.807) is 0 Å². The molecule has 0 fully saturated rings. The van der Waals surface area contributed by atoms with Crippen LogP contribution in [0.15, 0.2) is 23.1 Å². The molecule has 0 atom stereocenters. The molecule has 3 N–H and O–H groups in total. The van der Waals surface area contributed by atoms with Gasteiger partial charge in [-0.25, -0.2) is 13.6 Å². The molecular weight excluding hydrogens is 320 g/mol. The monoisotopic (exact) mass is 326 g/mol. The predicted molar refractivity (Wildman–Crippen MR) is 65.2 cm³/mol. The number of hydrogen-bond donors (Lipinski definition) is 2. The van der Waals surface area contributed by atoms with Crippen LogP contribution in [0.3, 0.4) is 0 Å². The van der Waals surface area contributed by atoms with Gasteiger partial charge in [0.25, 0.3) is 0 Å². The molecule has 0 saturated carbocycles. The van der Waals surface area contributed by atoms with Gasteiger partial charge in [-0.05, 0) is 18.2 Å². The van der Waals surface area contributed by atoms with E-state index in [0.29, 0.717) is 0 Å². The van der Waals surface area contributed by atoms with E-state index in [9.17, 15) is 13.2 Å². The molecule has 5 nitrogen and oxygen atoms in total. The normalized spacial score (nSPS) is 11.2. The van der Waals surface area contributed by atoms with Crippen molar-refractivity contribution in [1.82, 2.24) is 0 Å². The second kappa shape index (κ2) is 5.13. The lowest BCUT2D eigenvalue weighted by Gasteiger charge is -2.07. The van der Waals surface area contributed by atoms with Gasteiger partial charge in [0, 0.05) is 0 Å². The third-order valence-corrected chi connectivity index (χ3v) is 3.41. The smallest absolute Gasteiger partial charge is 0.238 e. The Morgan fingerprint density at radius 3 is 2.62 bits per heavy atom. The van der Waals surface area contributed by atoms with Crippen LogP contribution in [0.25, 0.3) is 0 Å². The number of halogens is 2. The van der Waals surface area contributed by atoms with E-state index in [4.69, 9.17) is 16.7 Å². The first-order valence-electron chi connectivity index (χ1n) is 4.03. The summed E-state index contributed by atoms with van der Waals surface area (Å²) in [6.07, 6.45) is 0. The molecule has 0 aliphatic rings. The fourth-order valence-electron chi connectivity index (χ4n) is 0.961. The average molecular weight is 328 g/mol. The molecule has 0 aliphatic carbocycles. The maximum absolute atomic E-state index is 11.1. The zero-order chi connectivity index (χ0) is 12.3. The molecule has 0 saturated heterocycles. The molecule has 0 unspecified atom stereocenters. The Morgan fingerprint density at radius 2 is 2.12 bits per heavy atom. The van der Waals surface area contributed by atoms with Crippen molar-refractivity contribution >= 4 is 49.1 Å². The van der Waals surface area contributed by atoms with Gasteiger partial charge in [-0.1, -0.05) is 27.5 Å². The van der Waals surface area contributed by atoms with E-state index >= 15 is 0 Å². The molecular formula is C8H8BrClN2O3S. The highest BCUT2D eigenvalue weighted by atomic mass is 79.9. The SMILES string of the molecule is NS(=O)(=O)c1ccc(Cl)c(NC(=O)CBr)c1. The Bertz CT molecular complexity index is 518. The minimum absolute atomic E-state index is 0.0862. The van der Waals surface area contributed by atoms with Crippen molar-refractivity contribution in [3.8, 4) is 0 Å². The molecule has 88 valence electrons. The topological polar surface area (TPSA) is 89.3 Å². The van der Waals surface area contributed by atoms with Crippen LogP contribution in [0.2, 0.25) is 5.02 Å². The van der Waals surface area contributed by atoms with E-state index in [0.717, 1.165) is 0 Å². The first kappa shape index (κ1) is 13.4. The summed E-state index contributed by atoms with van der Waals surface area (Å²) >= 11 is 8.74. The summed E-state index contributed by atoms with van der Waals surface area (Å²) in [5.41, 5.74) is 0.206. The van der Waals surface area contributed by atoms with Crippen molar-refractivity contribution in [2.24, 2.45) is 5.14 Å². The summed E-state index contributed by atoms with van der Waals surface area (Å²) in [5, 5.41) is 7.70. The summed E-state index contributed by atoms with van der Waals surface area (Å²) in [6, 6.07) is 3.82. The van der Waals surface area contributed by atoms with E-state index in [1.807, 2.05) is 0 Å². The van der Waals surface area contributed by atoms with Crippen LogP contribution in [0.4, 0.5) is 5.69 Å². The molecule has 0 spiro atoms. The maximum Gasteiger partial charge on any atom is 0.238 e. The lowest BCUT2D eigenvalue weighted by Crippen LogP contribution is -2.15. The zero-order valence-corrected chi connectivity index (χ0v) is 11.1. The third kappa shape index (κ3) is 3.44. The van der Waals surface area contributed by atoms with Crippen LogP contribution in [0, 0.1) is 0 Å². The van der Waals surface area contributed by atoms with Gasteiger partial charge in [-0.15, -0.1) is 0 Å². The number of nitrogens with two attached hydrogens (primary N) is 1. The number of amides is 1. The predicted octanol–water partition coefficient (Wildman–Crippen LogP) is 1.32. The van der Waals surface area contributed by atoms with Gasteiger partial charge in [0.1, 0.15) is 0 Å². The Hall–Kier alpha value is -0.630. The number of sulfonamides is 1. The number of nitrogens with one attached hydrogen (secondary N) is 1. The molecule has 1 rings (SSSR count). The number of alkyl halides is 1. The Labute approximate surface area is 106 Å². The van der Waals surface area contributed by atoms with E-state index in [2.05, 4.69) is 21.2 Å². The largest absolute Gasteiger partial charge is 0.324 e.